The summed E-state index contributed by atoms with van der Waals surface area (Å²) in [5.41, 5.74) is 1.13. The molecule has 1 unspecified atom stereocenters. The summed E-state index contributed by atoms with van der Waals surface area (Å²) in [4.78, 5) is 0. The Morgan fingerprint density at radius 1 is 1.57 bits per heavy atom. The Hall–Kier alpha value is -0.840. The molecule has 0 aliphatic heterocycles. The smallest absolute Gasteiger partial charge is 0.0950 e. The Labute approximate surface area is 83.9 Å². The van der Waals surface area contributed by atoms with E-state index < -0.39 is 0 Å². The predicted molar refractivity (Wildman–Crippen MR) is 53.0 cm³/mol. The lowest BCUT2D eigenvalue weighted by Crippen LogP contribution is -2.23. The third kappa shape index (κ3) is 3.91. The Morgan fingerprint density at radius 2 is 2.43 bits per heavy atom. The topological polar surface area (TPSA) is 54.6 Å². The van der Waals surface area contributed by atoms with Crippen LogP contribution in [0.4, 0.5) is 0 Å². The van der Waals surface area contributed by atoms with Crippen LogP contribution in [0.25, 0.3) is 0 Å². The SMILES string of the molecule is CC(NCCOCCO)c1ccoc1. The molecule has 1 heterocycles. The zero-order valence-electron chi connectivity index (χ0n) is 8.40. The van der Waals surface area contributed by atoms with Gasteiger partial charge in [0.25, 0.3) is 0 Å². The van der Waals surface area contributed by atoms with Gasteiger partial charge in [0.15, 0.2) is 0 Å². The maximum Gasteiger partial charge on any atom is 0.0950 e. The zero-order valence-corrected chi connectivity index (χ0v) is 8.40. The minimum Gasteiger partial charge on any atom is -0.472 e. The van der Waals surface area contributed by atoms with Crippen molar-refractivity contribution in [2.75, 3.05) is 26.4 Å². The Kier molecular flexibility index (Phi) is 5.29. The number of hydrogen-bond donors (Lipinski definition) is 2. The van der Waals surface area contributed by atoms with Crippen molar-refractivity contribution >= 4 is 0 Å². The minimum atomic E-state index is 0.0806. The molecule has 0 bridgehead atoms. The number of furan rings is 1. The maximum absolute atomic E-state index is 8.47. The molecule has 0 saturated carbocycles. The van der Waals surface area contributed by atoms with Gasteiger partial charge < -0.3 is 19.6 Å². The molecular formula is C10H17NO3. The summed E-state index contributed by atoms with van der Waals surface area (Å²) in [5.74, 6) is 0. The number of ether oxygens (including phenoxy) is 1. The third-order valence-corrected chi connectivity index (χ3v) is 1.98. The molecule has 0 saturated heterocycles. The van der Waals surface area contributed by atoms with Crippen molar-refractivity contribution in [3.63, 3.8) is 0 Å². The second kappa shape index (κ2) is 6.59. The molecule has 2 N–H and O–H groups in total. The van der Waals surface area contributed by atoms with Crippen molar-refractivity contribution in [3.05, 3.63) is 24.2 Å². The number of rotatable bonds is 7. The van der Waals surface area contributed by atoms with Crippen LogP contribution < -0.4 is 5.32 Å². The molecule has 1 aromatic heterocycles. The summed E-state index contributed by atoms with van der Waals surface area (Å²) in [6, 6.07) is 2.21. The number of aliphatic hydroxyl groups is 1. The standard InChI is InChI=1S/C10H17NO3/c1-9(10-2-5-14-8-10)11-3-6-13-7-4-12/h2,5,8-9,11-12H,3-4,6-7H2,1H3. The van der Waals surface area contributed by atoms with Gasteiger partial charge in [-0.15, -0.1) is 0 Å². The molecule has 80 valence electrons. The molecule has 14 heavy (non-hydrogen) atoms. The third-order valence-electron chi connectivity index (χ3n) is 1.98. The van der Waals surface area contributed by atoms with Crippen LogP contribution in [0.3, 0.4) is 0 Å². The fraction of sp³-hybridized carbons (Fsp3) is 0.600. The van der Waals surface area contributed by atoms with E-state index in [0.717, 1.165) is 12.1 Å². The Bertz CT molecular complexity index is 223. The van der Waals surface area contributed by atoms with E-state index in [0.29, 0.717) is 13.2 Å². The zero-order chi connectivity index (χ0) is 10.2. The fourth-order valence-electron chi connectivity index (χ4n) is 1.15. The van der Waals surface area contributed by atoms with Gasteiger partial charge in [0.1, 0.15) is 0 Å². The average molecular weight is 199 g/mol. The second-order valence-electron chi connectivity index (χ2n) is 3.07. The monoisotopic (exact) mass is 199 g/mol. The van der Waals surface area contributed by atoms with Gasteiger partial charge in [-0.2, -0.15) is 0 Å². The van der Waals surface area contributed by atoms with Crippen molar-refractivity contribution in [1.82, 2.24) is 5.32 Å². The largest absolute Gasteiger partial charge is 0.472 e. The van der Waals surface area contributed by atoms with Gasteiger partial charge >= 0.3 is 0 Å². The molecule has 0 radical (unpaired) electrons. The van der Waals surface area contributed by atoms with E-state index in [1.807, 2.05) is 6.07 Å². The summed E-state index contributed by atoms with van der Waals surface area (Å²) in [6.45, 7) is 3.94. The van der Waals surface area contributed by atoms with Gasteiger partial charge in [0, 0.05) is 18.2 Å². The van der Waals surface area contributed by atoms with Crippen LogP contribution in [0, 0.1) is 0 Å². The first-order chi connectivity index (χ1) is 6.84. The maximum atomic E-state index is 8.47. The number of aliphatic hydroxyl groups excluding tert-OH is 1. The van der Waals surface area contributed by atoms with Crippen LogP contribution in [0.15, 0.2) is 23.0 Å². The van der Waals surface area contributed by atoms with Crippen LogP contribution in [-0.4, -0.2) is 31.5 Å². The summed E-state index contributed by atoms with van der Waals surface area (Å²) in [7, 11) is 0. The molecule has 1 aromatic rings. The molecule has 0 aliphatic carbocycles. The van der Waals surface area contributed by atoms with Crippen molar-refractivity contribution in [3.8, 4) is 0 Å². The molecular weight excluding hydrogens is 182 g/mol. The molecule has 0 fully saturated rings. The summed E-state index contributed by atoms with van der Waals surface area (Å²) in [5, 5.41) is 11.7. The highest BCUT2D eigenvalue weighted by atomic mass is 16.5. The summed E-state index contributed by atoms with van der Waals surface area (Å²) < 4.78 is 10.1. The molecule has 4 heteroatoms. The molecule has 0 spiro atoms. The van der Waals surface area contributed by atoms with Crippen LogP contribution in [0.1, 0.15) is 18.5 Å². The van der Waals surface area contributed by atoms with Crippen LogP contribution in [0.5, 0.6) is 0 Å². The van der Waals surface area contributed by atoms with Gasteiger partial charge in [-0.05, 0) is 13.0 Å². The van der Waals surface area contributed by atoms with Gasteiger partial charge in [-0.3, -0.25) is 0 Å². The van der Waals surface area contributed by atoms with Gasteiger partial charge in [0.2, 0.25) is 0 Å². The number of hydrogen-bond acceptors (Lipinski definition) is 4. The first-order valence-corrected chi connectivity index (χ1v) is 4.78. The average Bonchev–Trinajstić information content (AvgIpc) is 2.70. The molecule has 0 aliphatic rings. The highest BCUT2D eigenvalue weighted by Gasteiger charge is 2.04. The van der Waals surface area contributed by atoms with Crippen LogP contribution in [-0.2, 0) is 4.74 Å². The second-order valence-corrected chi connectivity index (χ2v) is 3.07. The highest BCUT2D eigenvalue weighted by molar-refractivity contribution is 5.09. The lowest BCUT2D eigenvalue weighted by molar-refractivity contribution is 0.0928. The van der Waals surface area contributed by atoms with Crippen molar-refractivity contribution < 1.29 is 14.3 Å². The molecule has 1 rings (SSSR count). The van der Waals surface area contributed by atoms with E-state index in [-0.39, 0.29) is 12.6 Å². The van der Waals surface area contributed by atoms with Crippen molar-refractivity contribution in [1.29, 1.82) is 0 Å². The highest BCUT2D eigenvalue weighted by Crippen LogP contribution is 2.11. The number of nitrogens with one attached hydrogen (secondary N) is 1. The fourth-order valence-corrected chi connectivity index (χ4v) is 1.15. The van der Waals surface area contributed by atoms with Gasteiger partial charge in [-0.1, -0.05) is 0 Å². The lowest BCUT2D eigenvalue weighted by atomic mass is 10.2. The Morgan fingerprint density at radius 3 is 3.07 bits per heavy atom. The van der Waals surface area contributed by atoms with E-state index in [9.17, 15) is 0 Å². The quantitative estimate of drug-likeness (QED) is 0.642. The molecule has 0 amide bonds. The van der Waals surface area contributed by atoms with Crippen molar-refractivity contribution in [2.24, 2.45) is 0 Å². The van der Waals surface area contributed by atoms with Gasteiger partial charge in [-0.25, -0.2) is 0 Å². The van der Waals surface area contributed by atoms with Crippen LogP contribution in [0.2, 0.25) is 0 Å². The summed E-state index contributed by atoms with van der Waals surface area (Å²) in [6.07, 6.45) is 3.39. The first-order valence-electron chi connectivity index (χ1n) is 4.78. The van der Waals surface area contributed by atoms with Crippen LogP contribution >= 0.6 is 0 Å². The normalized spacial score (nSPS) is 13.0. The Balaban J connectivity index is 2.07. The van der Waals surface area contributed by atoms with E-state index >= 15 is 0 Å². The summed E-state index contributed by atoms with van der Waals surface area (Å²) >= 11 is 0. The lowest BCUT2D eigenvalue weighted by Gasteiger charge is -2.11. The van der Waals surface area contributed by atoms with E-state index in [1.165, 1.54) is 0 Å². The first kappa shape index (κ1) is 11.2. The van der Waals surface area contributed by atoms with E-state index in [4.69, 9.17) is 14.3 Å². The molecule has 0 aromatic carbocycles. The predicted octanol–water partition coefficient (Wildman–Crippen LogP) is 0.939. The van der Waals surface area contributed by atoms with Gasteiger partial charge in [0.05, 0.1) is 32.3 Å². The minimum absolute atomic E-state index is 0.0806. The van der Waals surface area contributed by atoms with Crippen molar-refractivity contribution in [2.45, 2.75) is 13.0 Å². The molecule has 4 nitrogen and oxygen atoms in total. The van der Waals surface area contributed by atoms with E-state index in [2.05, 4.69) is 12.2 Å². The van der Waals surface area contributed by atoms with E-state index in [1.54, 1.807) is 12.5 Å². The molecule has 1 atom stereocenters.